The first kappa shape index (κ1) is 27.1. The maximum Gasteiger partial charge on any atom is 0.238 e. The first-order valence-electron chi connectivity index (χ1n) is 13.2. The number of fused-ring (bicyclic) bond motifs is 1. The second kappa shape index (κ2) is 9.76. The number of aromatic nitrogens is 2. The number of sulfonamides is 1. The van der Waals surface area contributed by atoms with E-state index in [0.29, 0.717) is 41.3 Å². The lowest BCUT2D eigenvalue weighted by Crippen LogP contribution is -2.39. The molecule has 2 heterocycles. The molecule has 3 aromatic carbocycles. The van der Waals surface area contributed by atoms with E-state index in [0.717, 1.165) is 16.9 Å². The van der Waals surface area contributed by atoms with E-state index >= 15 is 0 Å². The monoisotopic (exact) mass is 583 g/mol. The number of carbonyl (C=O) groups excluding carboxylic acids is 1. The lowest BCUT2D eigenvalue weighted by atomic mass is 9.68. The van der Waals surface area contributed by atoms with Crippen LogP contribution in [0.1, 0.15) is 43.7 Å². The van der Waals surface area contributed by atoms with E-state index in [4.69, 9.17) is 28.1 Å². The fraction of sp³-hybridized carbons (Fsp3) is 0.194. The summed E-state index contributed by atoms with van der Waals surface area (Å²) in [5, 5.41) is 5.38. The predicted molar refractivity (Wildman–Crippen MR) is 162 cm³/mol. The molecule has 1 unspecified atom stereocenters. The Bertz CT molecular complexity index is 1880. The molecule has 2 aliphatic rings. The Morgan fingerprint density at radius 1 is 0.902 bits per heavy atom. The number of nitrogens with zero attached hydrogens (tertiary/aromatic N) is 3. The number of hydrogen-bond acceptors (Lipinski definition) is 7. The van der Waals surface area contributed by atoms with Crippen molar-refractivity contribution < 1.29 is 13.2 Å². The lowest BCUT2D eigenvalue weighted by Gasteiger charge is -2.44. The minimum Gasteiger partial charge on any atom is -0.384 e. The van der Waals surface area contributed by atoms with Crippen molar-refractivity contribution in [2.24, 2.45) is 10.6 Å². The van der Waals surface area contributed by atoms with Crippen molar-refractivity contribution in [1.82, 2.24) is 9.55 Å². The number of anilines is 3. The summed E-state index contributed by atoms with van der Waals surface area (Å²) in [4.78, 5) is 20.9. The quantitative estimate of drug-likeness (QED) is 0.293. The van der Waals surface area contributed by atoms with Gasteiger partial charge in [0.05, 0.1) is 4.90 Å². The molecule has 41 heavy (non-hydrogen) atoms. The van der Waals surface area contributed by atoms with Gasteiger partial charge in [0.15, 0.2) is 5.78 Å². The minimum absolute atomic E-state index is 0.0127. The maximum absolute atomic E-state index is 14.1. The van der Waals surface area contributed by atoms with Gasteiger partial charge in [-0.25, -0.2) is 18.5 Å². The van der Waals surface area contributed by atoms with Crippen LogP contribution in [-0.2, 0) is 14.8 Å². The molecule has 0 saturated carbocycles. The van der Waals surface area contributed by atoms with E-state index in [1.165, 1.54) is 12.1 Å². The van der Waals surface area contributed by atoms with Crippen molar-refractivity contribution in [3.8, 4) is 5.69 Å². The van der Waals surface area contributed by atoms with Gasteiger partial charge in [0.2, 0.25) is 14.8 Å². The van der Waals surface area contributed by atoms with Crippen molar-refractivity contribution >= 4 is 45.3 Å². The molecule has 0 saturated heterocycles. The molecule has 1 atom stereocenters. The Kier molecular flexibility index (Phi) is 6.44. The molecule has 1 aliphatic heterocycles. The number of rotatable bonds is 4. The Morgan fingerprint density at radius 3 is 2.12 bits per heavy atom. The highest BCUT2D eigenvalue weighted by Gasteiger charge is 2.46. The van der Waals surface area contributed by atoms with Gasteiger partial charge >= 0.3 is 0 Å². The smallest absolute Gasteiger partial charge is 0.238 e. The molecule has 0 fully saturated rings. The zero-order valence-corrected chi connectivity index (χ0v) is 24.2. The number of benzene rings is 3. The largest absolute Gasteiger partial charge is 0.384 e. The molecule has 10 heteroatoms. The van der Waals surface area contributed by atoms with Crippen molar-refractivity contribution in [3.05, 3.63) is 112 Å². The zero-order valence-electron chi connectivity index (χ0n) is 22.6. The summed E-state index contributed by atoms with van der Waals surface area (Å²) in [6.07, 6.45) is 0.976. The van der Waals surface area contributed by atoms with Crippen LogP contribution in [0, 0.1) is 10.2 Å². The van der Waals surface area contributed by atoms with Crippen LogP contribution in [0.25, 0.3) is 5.69 Å². The molecule has 1 aromatic heterocycles. The van der Waals surface area contributed by atoms with Gasteiger partial charge in [-0.05, 0) is 66.0 Å². The number of nitrogens with two attached hydrogens (primary N) is 2. The molecule has 0 spiro atoms. The molecule has 0 radical (unpaired) electrons. The van der Waals surface area contributed by atoms with Gasteiger partial charge in [0.1, 0.15) is 11.6 Å². The van der Waals surface area contributed by atoms with Crippen LogP contribution in [0.2, 0.25) is 0 Å². The van der Waals surface area contributed by atoms with Gasteiger partial charge in [-0.15, -0.1) is 0 Å². The normalized spacial score (nSPS) is 18.2. The summed E-state index contributed by atoms with van der Waals surface area (Å²) in [5.41, 5.74) is 11.1. The number of nitrogen functional groups attached to an aromatic ring is 1. The van der Waals surface area contributed by atoms with Gasteiger partial charge in [-0.1, -0.05) is 62.4 Å². The highest BCUT2D eigenvalue weighted by atomic mass is 32.2. The number of hydrogen-bond donors (Lipinski definition) is 2. The lowest BCUT2D eigenvalue weighted by molar-refractivity contribution is -0.118. The number of para-hydroxylation sites is 1. The molecule has 8 nitrogen and oxygen atoms in total. The Balaban J connectivity index is 1.71. The van der Waals surface area contributed by atoms with Crippen molar-refractivity contribution in [1.29, 1.82) is 0 Å². The van der Waals surface area contributed by atoms with Gasteiger partial charge in [-0.3, -0.25) is 14.3 Å². The van der Waals surface area contributed by atoms with Crippen molar-refractivity contribution in [2.45, 2.75) is 37.5 Å². The van der Waals surface area contributed by atoms with Gasteiger partial charge in [0.25, 0.3) is 0 Å². The first-order chi connectivity index (χ1) is 19.5. The van der Waals surface area contributed by atoms with E-state index in [9.17, 15) is 13.2 Å². The first-order valence-corrected chi connectivity index (χ1v) is 15.1. The maximum atomic E-state index is 14.1. The van der Waals surface area contributed by atoms with Crippen LogP contribution in [0.3, 0.4) is 0 Å². The SMILES string of the molecule is CC1(C)CC(=O)C2=C(C1)N(c1ccc(S(N)(=O)=O)cc1)c1nc(=S)n(-c3ccccc3)c(N)c1C2c1ccccc1. The van der Waals surface area contributed by atoms with Crippen LogP contribution in [-0.4, -0.2) is 23.8 Å². The van der Waals surface area contributed by atoms with E-state index < -0.39 is 15.9 Å². The van der Waals surface area contributed by atoms with E-state index in [1.54, 1.807) is 16.7 Å². The Labute approximate surface area is 244 Å². The third-order valence-electron chi connectivity index (χ3n) is 7.68. The number of ketones is 1. The van der Waals surface area contributed by atoms with Crippen LogP contribution in [0.4, 0.5) is 17.3 Å². The van der Waals surface area contributed by atoms with E-state index in [2.05, 4.69) is 13.8 Å². The molecule has 0 bridgehead atoms. The summed E-state index contributed by atoms with van der Waals surface area (Å²) in [6.45, 7) is 4.14. The minimum atomic E-state index is -3.90. The standard InChI is InChI=1S/C31H29N5O3S2/c1-31(2)17-23-26(24(37)18-31)25(19-9-5-3-6-10-19)27-28(32)36(20-11-7-4-8-12-20)30(40)34-29(27)35(23)21-13-15-22(16-14-21)41(33,38)39/h3-16,25H,17-18,32H2,1-2H3,(H2,33,38,39). The van der Waals surface area contributed by atoms with E-state index in [1.807, 2.05) is 65.6 Å². The van der Waals surface area contributed by atoms with Crippen LogP contribution in [0.15, 0.2) is 101 Å². The third kappa shape index (κ3) is 4.67. The van der Waals surface area contributed by atoms with Crippen LogP contribution < -0.4 is 15.8 Å². The van der Waals surface area contributed by atoms with Gasteiger partial charge < -0.3 is 5.73 Å². The average Bonchev–Trinajstić information content (AvgIpc) is 2.92. The zero-order chi connectivity index (χ0) is 29.1. The Morgan fingerprint density at radius 2 is 1.51 bits per heavy atom. The van der Waals surface area contributed by atoms with Crippen LogP contribution in [0.5, 0.6) is 0 Å². The second-order valence-corrected chi connectivity index (χ2v) is 13.1. The Hall–Kier alpha value is -4.12. The summed E-state index contributed by atoms with van der Waals surface area (Å²) in [5.74, 6) is 0.467. The van der Waals surface area contributed by atoms with E-state index in [-0.39, 0.29) is 20.9 Å². The summed E-state index contributed by atoms with van der Waals surface area (Å²) in [7, 11) is -3.90. The topological polar surface area (TPSA) is 124 Å². The van der Waals surface area contributed by atoms with Crippen LogP contribution >= 0.6 is 12.2 Å². The molecule has 6 rings (SSSR count). The van der Waals surface area contributed by atoms with Crippen molar-refractivity contribution in [3.63, 3.8) is 0 Å². The molecule has 1 aliphatic carbocycles. The third-order valence-corrected chi connectivity index (χ3v) is 8.88. The van der Waals surface area contributed by atoms with Gasteiger partial charge in [0, 0.05) is 40.5 Å². The number of carbonyl (C=O) groups is 1. The fourth-order valence-electron chi connectivity index (χ4n) is 5.96. The molecular formula is C31H29N5O3S2. The number of primary sulfonamides is 1. The summed E-state index contributed by atoms with van der Waals surface area (Å²) >= 11 is 5.82. The molecule has 0 amide bonds. The summed E-state index contributed by atoms with van der Waals surface area (Å²) < 4.78 is 26.0. The summed E-state index contributed by atoms with van der Waals surface area (Å²) in [6, 6.07) is 25.6. The molecular weight excluding hydrogens is 555 g/mol. The highest BCUT2D eigenvalue weighted by molar-refractivity contribution is 7.89. The molecule has 4 N–H and O–H groups in total. The van der Waals surface area contributed by atoms with Gasteiger partial charge in [-0.2, -0.15) is 0 Å². The second-order valence-electron chi connectivity index (χ2n) is 11.2. The molecule has 208 valence electrons. The fourth-order valence-corrected chi connectivity index (χ4v) is 6.76. The molecule has 4 aromatic rings. The van der Waals surface area contributed by atoms with Crippen molar-refractivity contribution in [2.75, 3.05) is 10.6 Å². The highest BCUT2D eigenvalue weighted by Crippen LogP contribution is 2.54. The average molecular weight is 584 g/mol. The predicted octanol–water partition coefficient (Wildman–Crippen LogP) is 5.76. The number of Topliss-reactive ketones (excluding diaryl/α,β-unsaturated/α-hetero) is 1. The number of allylic oxidation sites excluding steroid dienone is 2.